The molecule has 2 heteroatoms. The zero-order chi connectivity index (χ0) is 9.97. The summed E-state index contributed by atoms with van der Waals surface area (Å²) < 4.78 is 5.69. The van der Waals surface area contributed by atoms with E-state index in [4.69, 9.17) is 10.5 Å². The van der Waals surface area contributed by atoms with Crippen molar-refractivity contribution in [1.29, 1.82) is 0 Å². The molecule has 0 amide bonds. The zero-order valence-corrected chi connectivity index (χ0v) is 8.62. The molecule has 1 aliphatic carbocycles. The van der Waals surface area contributed by atoms with Crippen LogP contribution < -0.4 is 10.5 Å². The fourth-order valence-electron chi connectivity index (χ4n) is 1.53. The molecule has 2 N–H and O–H groups in total. The quantitative estimate of drug-likeness (QED) is 0.743. The first-order valence-electron chi connectivity index (χ1n) is 5.25. The molecule has 0 saturated heterocycles. The molecule has 0 bridgehead atoms. The highest BCUT2D eigenvalue weighted by atomic mass is 16.5. The molecule has 76 valence electrons. The van der Waals surface area contributed by atoms with Gasteiger partial charge in [0.05, 0.1) is 6.61 Å². The van der Waals surface area contributed by atoms with Crippen molar-refractivity contribution in [3.8, 4) is 5.75 Å². The maximum atomic E-state index is 5.78. The molecule has 1 aliphatic rings. The van der Waals surface area contributed by atoms with Gasteiger partial charge in [-0.2, -0.15) is 0 Å². The van der Waals surface area contributed by atoms with Crippen LogP contribution in [0.15, 0.2) is 18.2 Å². The summed E-state index contributed by atoms with van der Waals surface area (Å²) in [6.07, 6.45) is 3.97. The Morgan fingerprint density at radius 3 is 2.93 bits per heavy atom. The minimum absolute atomic E-state index is 0.814. The standard InChI is InChI=1S/C12H17NO/c1-9-11(13)3-2-4-12(9)14-8-7-10-5-6-10/h2-4,10H,5-8,13H2,1H3. The number of ether oxygens (including phenoxy) is 1. The second kappa shape index (κ2) is 3.91. The van der Waals surface area contributed by atoms with E-state index in [-0.39, 0.29) is 0 Å². The van der Waals surface area contributed by atoms with Crippen LogP contribution in [0.25, 0.3) is 0 Å². The van der Waals surface area contributed by atoms with Crippen LogP contribution in [0.5, 0.6) is 5.75 Å². The van der Waals surface area contributed by atoms with E-state index < -0.39 is 0 Å². The van der Waals surface area contributed by atoms with Crippen LogP contribution in [0.4, 0.5) is 5.69 Å². The molecule has 0 unspecified atom stereocenters. The topological polar surface area (TPSA) is 35.2 Å². The Morgan fingerprint density at radius 2 is 2.21 bits per heavy atom. The van der Waals surface area contributed by atoms with Gasteiger partial charge in [-0.25, -0.2) is 0 Å². The van der Waals surface area contributed by atoms with Gasteiger partial charge in [-0.05, 0) is 31.4 Å². The number of nitrogens with two attached hydrogens (primary N) is 1. The van der Waals surface area contributed by atoms with Gasteiger partial charge in [0.2, 0.25) is 0 Å². The van der Waals surface area contributed by atoms with Gasteiger partial charge in [0.15, 0.2) is 0 Å². The van der Waals surface area contributed by atoms with Crippen molar-refractivity contribution in [3.05, 3.63) is 23.8 Å². The highest BCUT2D eigenvalue weighted by molar-refractivity contribution is 5.53. The third-order valence-corrected chi connectivity index (χ3v) is 2.81. The van der Waals surface area contributed by atoms with E-state index in [1.54, 1.807) is 0 Å². The SMILES string of the molecule is Cc1c(N)cccc1OCCC1CC1. The van der Waals surface area contributed by atoms with Crippen LogP contribution in [0.1, 0.15) is 24.8 Å². The van der Waals surface area contributed by atoms with Crippen molar-refractivity contribution in [3.63, 3.8) is 0 Å². The lowest BCUT2D eigenvalue weighted by molar-refractivity contribution is 0.301. The lowest BCUT2D eigenvalue weighted by atomic mass is 10.2. The smallest absolute Gasteiger partial charge is 0.124 e. The van der Waals surface area contributed by atoms with Gasteiger partial charge in [0.25, 0.3) is 0 Å². The minimum atomic E-state index is 0.814. The average molecular weight is 191 g/mol. The van der Waals surface area contributed by atoms with Crippen molar-refractivity contribution < 1.29 is 4.74 Å². The van der Waals surface area contributed by atoms with E-state index in [0.717, 1.165) is 29.5 Å². The molecule has 1 saturated carbocycles. The number of rotatable bonds is 4. The molecule has 0 aromatic heterocycles. The van der Waals surface area contributed by atoms with Gasteiger partial charge >= 0.3 is 0 Å². The highest BCUT2D eigenvalue weighted by Crippen LogP contribution is 2.32. The highest BCUT2D eigenvalue weighted by Gasteiger charge is 2.20. The van der Waals surface area contributed by atoms with Crippen LogP contribution in [0.3, 0.4) is 0 Å². The van der Waals surface area contributed by atoms with Crippen molar-refractivity contribution in [2.24, 2.45) is 5.92 Å². The Kier molecular flexibility index (Phi) is 2.62. The van der Waals surface area contributed by atoms with Gasteiger partial charge in [0.1, 0.15) is 5.75 Å². The normalized spacial score (nSPS) is 15.5. The average Bonchev–Trinajstić information content (AvgIpc) is 2.96. The Balaban J connectivity index is 1.90. The van der Waals surface area contributed by atoms with Crippen molar-refractivity contribution >= 4 is 5.69 Å². The number of hydrogen-bond donors (Lipinski definition) is 1. The molecule has 0 radical (unpaired) electrons. The largest absolute Gasteiger partial charge is 0.493 e. The molecular weight excluding hydrogens is 174 g/mol. The van der Waals surface area contributed by atoms with Crippen molar-refractivity contribution in [1.82, 2.24) is 0 Å². The molecule has 2 rings (SSSR count). The number of benzene rings is 1. The molecule has 0 spiro atoms. The summed E-state index contributed by atoms with van der Waals surface area (Å²) >= 11 is 0. The molecule has 1 aromatic carbocycles. The van der Waals surface area contributed by atoms with Crippen LogP contribution in [-0.4, -0.2) is 6.61 Å². The minimum Gasteiger partial charge on any atom is -0.493 e. The number of anilines is 1. The van der Waals surface area contributed by atoms with Gasteiger partial charge in [-0.3, -0.25) is 0 Å². The van der Waals surface area contributed by atoms with E-state index in [9.17, 15) is 0 Å². The summed E-state index contributed by atoms with van der Waals surface area (Å²) in [4.78, 5) is 0. The van der Waals surface area contributed by atoms with Gasteiger partial charge in [-0.1, -0.05) is 18.9 Å². The van der Waals surface area contributed by atoms with Crippen molar-refractivity contribution in [2.75, 3.05) is 12.3 Å². The molecule has 0 atom stereocenters. The first-order valence-corrected chi connectivity index (χ1v) is 5.25. The third kappa shape index (κ3) is 2.19. The monoisotopic (exact) mass is 191 g/mol. The maximum absolute atomic E-state index is 5.78. The van der Waals surface area contributed by atoms with Crippen molar-refractivity contribution in [2.45, 2.75) is 26.2 Å². The maximum Gasteiger partial charge on any atom is 0.124 e. The second-order valence-electron chi connectivity index (χ2n) is 4.05. The van der Waals surface area contributed by atoms with E-state index in [1.165, 1.54) is 19.3 Å². The first-order chi connectivity index (χ1) is 6.77. The fraction of sp³-hybridized carbons (Fsp3) is 0.500. The molecular formula is C12H17NO. The van der Waals surface area contributed by atoms with E-state index >= 15 is 0 Å². The zero-order valence-electron chi connectivity index (χ0n) is 8.62. The molecule has 0 aliphatic heterocycles. The van der Waals surface area contributed by atoms with Crippen LogP contribution in [0, 0.1) is 12.8 Å². The number of hydrogen-bond acceptors (Lipinski definition) is 2. The molecule has 1 fully saturated rings. The molecule has 1 aromatic rings. The van der Waals surface area contributed by atoms with Gasteiger partial charge < -0.3 is 10.5 Å². The summed E-state index contributed by atoms with van der Waals surface area (Å²) in [5.74, 6) is 1.86. The van der Waals surface area contributed by atoms with Crippen LogP contribution in [-0.2, 0) is 0 Å². The fourth-order valence-corrected chi connectivity index (χ4v) is 1.53. The predicted octanol–water partition coefficient (Wildman–Crippen LogP) is 2.76. The molecule has 0 heterocycles. The lowest BCUT2D eigenvalue weighted by Gasteiger charge is -2.09. The summed E-state index contributed by atoms with van der Waals surface area (Å²) in [6, 6.07) is 5.83. The Labute approximate surface area is 85.1 Å². The molecule has 2 nitrogen and oxygen atoms in total. The van der Waals surface area contributed by atoms with Crippen LogP contribution >= 0.6 is 0 Å². The third-order valence-electron chi connectivity index (χ3n) is 2.81. The Morgan fingerprint density at radius 1 is 1.43 bits per heavy atom. The summed E-state index contributed by atoms with van der Waals surface area (Å²) in [5.41, 5.74) is 7.66. The number of nitrogen functional groups attached to an aromatic ring is 1. The first kappa shape index (κ1) is 9.38. The van der Waals surface area contributed by atoms with E-state index in [2.05, 4.69) is 0 Å². The molecule has 14 heavy (non-hydrogen) atoms. The van der Waals surface area contributed by atoms with Gasteiger partial charge in [0, 0.05) is 11.3 Å². The Hall–Kier alpha value is -1.18. The lowest BCUT2D eigenvalue weighted by Crippen LogP contribution is -2.01. The predicted molar refractivity (Wildman–Crippen MR) is 58.4 cm³/mol. The summed E-state index contributed by atoms with van der Waals surface area (Å²) in [7, 11) is 0. The second-order valence-corrected chi connectivity index (χ2v) is 4.05. The van der Waals surface area contributed by atoms with E-state index in [1.807, 2.05) is 25.1 Å². The Bertz CT molecular complexity index is 318. The summed E-state index contributed by atoms with van der Waals surface area (Å²) in [6.45, 7) is 2.83. The van der Waals surface area contributed by atoms with Crippen LogP contribution in [0.2, 0.25) is 0 Å². The van der Waals surface area contributed by atoms with E-state index in [0.29, 0.717) is 0 Å². The summed E-state index contributed by atoms with van der Waals surface area (Å²) in [5, 5.41) is 0. The van der Waals surface area contributed by atoms with Gasteiger partial charge in [-0.15, -0.1) is 0 Å².